The van der Waals surface area contributed by atoms with Crippen molar-refractivity contribution >= 4 is 11.9 Å². The van der Waals surface area contributed by atoms with Gasteiger partial charge < -0.3 is 10.0 Å². The molecule has 3 fully saturated rings. The molecule has 0 saturated heterocycles. The molecule has 106 valence electrons. The summed E-state index contributed by atoms with van der Waals surface area (Å²) in [4.78, 5) is 25.9. The minimum absolute atomic E-state index is 0.128. The Labute approximate surface area is 114 Å². The van der Waals surface area contributed by atoms with E-state index in [1.165, 1.54) is 25.7 Å². The normalized spacial score (nSPS) is 30.3. The molecule has 0 radical (unpaired) electrons. The number of hydrogen-bond acceptors (Lipinski definition) is 2. The summed E-state index contributed by atoms with van der Waals surface area (Å²) in [6, 6.07) is 0. The van der Waals surface area contributed by atoms with Gasteiger partial charge in [-0.25, -0.2) is 0 Å². The highest BCUT2D eigenvalue weighted by atomic mass is 16.4. The van der Waals surface area contributed by atoms with Gasteiger partial charge in [0.2, 0.25) is 5.91 Å². The van der Waals surface area contributed by atoms with Gasteiger partial charge in [-0.2, -0.15) is 0 Å². The van der Waals surface area contributed by atoms with Crippen molar-refractivity contribution < 1.29 is 14.7 Å². The summed E-state index contributed by atoms with van der Waals surface area (Å²) in [6.07, 6.45) is 7.27. The summed E-state index contributed by atoms with van der Waals surface area (Å²) in [5.41, 5.74) is 0. The van der Waals surface area contributed by atoms with Gasteiger partial charge in [-0.15, -0.1) is 0 Å². The number of rotatable bonds is 6. The summed E-state index contributed by atoms with van der Waals surface area (Å²) in [5, 5.41) is 9.23. The number of hydrogen-bond donors (Lipinski definition) is 1. The fourth-order valence-corrected chi connectivity index (χ4v) is 3.26. The molecule has 0 aromatic carbocycles. The van der Waals surface area contributed by atoms with Gasteiger partial charge in [0.15, 0.2) is 0 Å². The second-order valence-electron chi connectivity index (χ2n) is 6.61. The molecule has 0 aromatic rings. The minimum Gasteiger partial charge on any atom is -0.481 e. The maximum absolute atomic E-state index is 12.6. The van der Waals surface area contributed by atoms with E-state index in [4.69, 9.17) is 0 Å². The lowest BCUT2D eigenvalue weighted by Crippen LogP contribution is -2.41. The van der Waals surface area contributed by atoms with E-state index in [0.29, 0.717) is 18.3 Å². The van der Waals surface area contributed by atoms with Crippen molar-refractivity contribution in [1.29, 1.82) is 0 Å². The van der Waals surface area contributed by atoms with Crippen molar-refractivity contribution in [3.63, 3.8) is 0 Å². The number of carbonyl (C=O) groups is 2. The lowest BCUT2D eigenvalue weighted by atomic mass is 9.94. The van der Waals surface area contributed by atoms with Crippen molar-refractivity contribution in [2.24, 2.45) is 23.7 Å². The molecule has 1 N–H and O–H groups in total. The molecular weight excluding hydrogens is 242 g/mol. The van der Waals surface area contributed by atoms with Crippen LogP contribution in [-0.4, -0.2) is 35.0 Å². The zero-order valence-corrected chi connectivity index (χ0v) is 11.4. The van der Waals surface area contributed by atoms with Crippen molar-refractivity contribution in [2.75, 3.05) is 13.1 Å². The smallest absolute Gasteiger partial charge is 0.307 e. The Bertz CT molecular complexity index is 360. The molecule has 0 aliphatic heterocycles. The molecule has 3 aliphatic carbocycles. The van der Waals surface area contributed by atoms with Crippen LogP contribution in [0.15, 0.2) is 0 Å². The van der Waals surface area contributed by atoms with E-state index in [2.05, 4.69) is 0 Å². The number of carboxylic acid groups (broad SMARTS) is 1. The fraction of sp³-hybridized carbons (Fsp3) is 0.867. The first-order valence-corrected chi connectivity index (χ1v) is 7.66. The highest BCUT2D eigenvalue weighted by Gasteiger charge is 2.41. The van der Waals surface area contributed by atoms with Crippen LogP contribution in [0.4, 0.5) is 0 Å². The van der Waals surface area contributed by atoms with Crippen LogP contribution in [0.25, 0.3) is 0 Å². The topological polar surface area (TPSA) is 57.6 Å². The molecule has 0 spiro atoms. The molecule has 0 heterocycles. The van der Waals surface area contributed by atoms with Gasteiger partial charge in [-0.3, -0.25) is 9.59 Å². The van der Waals surface area contributed by atoms with Crippen LogP contribution in [0.5, 0.6) is 0 Å². The Morgan fingerprint density at radius 2 is 1.42 bits per heavy atom. The van der Waals surface area contributed by atoms with Gasteiger partial charge in [-0.1, -0.05) is 6.42 Å². The fourth-order valence-electron chi connectivity index (χ4n) is 3.26. The van der Waals surface area contributed by atoms with Crippen LogP contribution in [0.2, 0.25) is 0 Å². The Balaban J connectivity index is 1.65. The minimum atomic E-state index is -0.784. The van der Waals surface area contributed by atoms with Crippen LogP contribution < -0.4 is 0 Å². The molecule has 19 heavy (non-hydrogen) atoms. The first kappa shape index (κ1) is 12.9. The van der Waals surface area contributed by atoms with E-state index in [-0.39, 0.29) is 11.8 Å². The second-order valence-corrected chi connectivity index (χ2v) is 6.61. The summed E-state index contributed by atoms with van der Waals surface area (Å²) in [7, 11) is 0. The first-order chi connectivity index (χ1) is 9.15. The SMILES string of the molecule is O=C(O)[C@H]1CCC[C@H]1C(=O)N(CC1CC1)CC1CC1. The molecule has 0 bridgehead atoms. The molecule has 0 aromatic heterocycles. The second kappa shape index (κ2) is 5.14. The molecule has 1 amide bonds. The summed E-state index contributed by atoms with van der Waals surface area (Å²) in [5.74, 6) is 0.0283. The van der Waals surface area contributed by atoms with Crippen molar-refractivity contribution in [3.05, 3.63) is 0 Å². The lowest BCUT2D eigenvalue weighted by molar-refractivity contribution is -0.149. The highest BCUT2D eigenvalue weighted by molar-refractivity contribution is 5.85. The molecule has 3 aliphatic rings. The van der Waals surface area contributed by atoms with Crippen LogP contribution >= 0.6 is 0 Å². The molecule has 0 unspecified atom stereocenters. The van der Waals surface area contributed by atoms with Gasteiger partial charge in [0.05, 0.1) is 11.8 Å². The van der Waals surface area contributed by atoms with Crippen LogP contribution in [0.1, 0.15) is 44.9 Å². The molecule has 4 nitrogen and oxygen atoms in total. The average molecular weight is 265 g/mol. The Morgan fingerprint density at radius 3 is 1.89 bits per heavy atom. The maximum Gasteiger partial charge on any atom is 0.307 e. The zero-order chi connectivity index (χ0) is 13.4. The van der Waals surface area contributed by atoms with E-state index < -0.39 is 11.9 Å². The maximum atomic E-state index is 12.6. The Morgan fingerprint density at radius 1 is 0.895 bits per heavy atom. The number of carboxylic acids is 1. The predicted molar refractivity (Wildman–Crippen MR) is 70.5 cm³/mol. The number of amides is 1. The molecule has 4 heteroatoms. The summed E-state index contributed by atoms with van der Waals surface area (Å²) >= 11 is 0. The van der Waals surface area contributed by atoms with Crippen LogP contribution in [0, 0.1) is 23.7 Å². The third kappa shape index (κ3) is 3.10. The van der Waals surface area contributed by atoms with Gasteiger partial charge in [0.1, 0.15) is 0 Å². The van der Waals surface area contributed by atoms with Gasteiger partial charge in [0.25, 0.3) is 0 Å². The van der Waals surface area contributed by atoms with E-state index in [9.17, 15) is 14.7 Å². The van der Waals surface area contributed by atoms with Crippen molar-refractivity contribution in [1.82, 2.24) is 4.90 Å². The number of aliphatic carboxylic acids is 1. The van der Waals surface area contributed by atoms with Gasteiger partial charge in [0, 0.05) is 13.1 Å². The van der Waals surface area contributed by atoms with E-state index in [1.54, 1.807) is 0 Å². The zero-order valence-electron chi connectivity index (χ0n) is 11.4. The molecule has 2 atom stereocenters. The summed E-state index contributed by atoms with van der Waals surface area (Å²) < 4.78 is 0. The van der Waals surface area contributed by atoms with E-state index in [0.717, 1.165) is 25.9 Å². The Kier molecular flexibility index (Phi) is 3.50. The largest absolute Gasteiger partial charge is 0.481 e. The molecular formula is C15H23NO3. The number of nitrogens with zero attached hydrogens (tertiary/aromatic N) is 1. The Hall–Kier alpha value is -1.06. The monoisotopic (exact) mass is 265 g/mol. The predicted octanol–water partition coefficient (Wildman–Crippen LogP) is 2.14. The third-order valence-corrected chi connectivity index (χ3v) is 4.81. The van der Waals surface area contributed by atoms with Gasteiger partial charge >= 0.3 is 5.97 Å². The average Bonchev–Trinajstić information content (AvgIpc) is 3.29. The lowest BCUT2D eigenvalue weighted by Gasteiger charge is -2.27. The number of carbonyl (C=O) groups excluding carboxylic acids is 1. The molecule has 3 rings (SSSR count). The van der Waals surface area contributed by atoms with Crippen LogP contribution in [-0.2, 0) is 9.59 Å². The van der Waals surface area contributed by atoms with Crippen LogP contribution in [0.3, 0.4) is 0 Å². The van der Waals surface area contributed by atoms with E-state index >= 15 is 0 Å². The van der Waals surface area contributed by atoms with Crippen molar-refractivity contribution in [2.45, 2.75) is 44.9 Å². The standard InChI is InChI=1S/C15H23NO3/c17-14(12-2-1-3-13(12)15(18)19)16(8-10-4-5-10)9-11-6-7-11/h10-13H,1-9H2,(H,18,19)/t12-,13+/m1/s1. The van der Waals surface area contributed by atoms with Gasteiger partial charge in [-0.05, 0) is 50.4 Å². The highest BCUT2D eigenvalue weighted by Crippen LogP contribution is 2.37. The van der Waals surface area contributed by atoms with E-state index in [1.807, 2.05) is 4.90 Å². The quantitative estimate of drug-likeness (QED) is 0.800. The first-order valence-electron chi connectivity index (χ1n) is 7.66. The molecule has 3 saturated carbocycles. The third-order valence-electron chi connectivity index (χ3n) is 4.81. The summed E-state index contributed by atoms with van der Waals surface area (Å²) in [6.45, 7) is 1.75. The van der Waals surface area contributed by atoms with Crippen molar-refractivity contribution in [3.8, 4) is 0 Å².